The minimum atomic E-state index is -3.83. The number of amides is 1. The van der Waals surface area contributed by atoms with Gasteiger partial charge in [0.05, 0.1) is 21.8 Å². The lowest BCUT2D eigenvalue weighted by Gasteiger charge is -2.27. The molecular weight excluding hydrogens is 377 g/mol. The molecule has 0 radical (unpaired) electrons. The van der Waals surface area contributed by atoms with Gasteiger partial charge < -0.3 is 15.7 Å². The fraction of sp³-hybridized carbons (Fsp3) is 0.176. The molecular formula is C17H16FN3O5S. The summed E-state index contributed by atoms with van der Waals surface area (Å²) in [5, 5.41) is 14.6. The van der Waals surface area contributed by atoms with Crippen LogP contribution in [0.4, 0.5) is 15.8 Å². The minimum Gasteiger partial charge on any atom is -0.478 e. The predicted molar refractivity (Wildman–Crippen MR) is 95.6 cm³/mol. The smallest absolute Gasteiger partial charge is 0.335 e. The van der Waals surface area contributed by atoms with Crippen LogP contribution >= 0.6 is 0 Å². The number of benzene rings is 2. The average Bonchev–Trinajstić information content (AvgIpc) is 2.62. The summed E-state index contributed by atoms with van der Waals surface area (Å²) in [4.78, 5) is 23.1. The lowest BCUT2D eigenvalue weighted by atomic mass is 10.1. The fourth-order valence-electron chi connectivity index (χ4n) is 2.62. The molecule has 142 valence electrons. The normalized spacial score (nSPS) is 16.2. The molecule has 27 heavy (non-hydrogen) atoms. The summed E-state index contributed by atoms with van der Waals surface area (Å²) in [6.07, 6.45) is 0.128. The number of rotatable bonds is 6. The van der Waals surface area contributed by atoms with Crippen LogP contribution in [0, 0.1) is 5.82 Å². The van der Waals surface area contributed by atoms with E-state index in [9.17, 15) is 22.4 Å². The van der Waals surface area contributed by atoms with Crippen molar-refractivity contribution >= 4 is 33.3 Å². The van der Waals surface area contributed by atoms with Crippen molar-refractivity contribution in [2.75, 3.05) is 17.2 Å². The monoisotopic (exact) mass is 393 g/mol. The van der Waals surface area contributed by atoms with Crippen LogP contribution in [0.25, 0.3) is 0 Å². The third-order valence-electron chi connectivity index (χ3n) is 4.02. The standard InChI is InChI=1S/C17H16FN3O5S/c18-11-2-4-12(5-3-11)27(25,26)19-8-7-14-16(22)21-13-6-1-10(17(23)24)9-15(13)20-14/h1-6,9,14,19-20H,7-8H2,(H,21,22)(H,23,24). The van der Waals surface area contributed by atoms with Crippen LogP contribution in [0.5, 0.6) is 0 Å². The van der Waals surface area contributed by atoms with Crippen molar-refractivity contribution in [3.05, 3.63) is 53.8 Å². The SMILES string of the molecule is O=C(O)c1ccc2c(c1)NC(CCNS(=O)(=O)c1ccc(F)cc1)C(=O)N2. The molecule has 3 rings (SSSR count). The van der Waals surface area contributed by atoms with Crippen molar-refractivity contribution in [1.29, 1.82) is 0 Å². The number of halogens is 1. The number of aromatic carboxylic acids is 1. The van der Waals surface area contributed by atoms with E-state index in [0.29, 0.717) is 11.4 Å². The van der Waals surface area contributed by atoms with E-state index in [2.05, 4.69) is 15.4 Å². The van der Waals surface area contributed by atoms with Gasteiger partial charge in [0.15, 0.2) is 0 Å². The number of nitrogens with one attached hydrogen (secondary N) is 3. The maximum Gasteiger partial charge on any atom is 0.335 e. The van der Waals surface area contributed by atoms with Crippen molar-refractivity contribution in [1.82, 2.24) is 4.72 Å². The molecule has 4 N–H and O–H groups in total. The van der Waals surface area contributed by atoms with Crippen molar-refractivity contribution in [2.45, 2.75) is 17.4 Å². The summed E-state index contributed by atoms with van der Waals surface area (Å²) in [7, 11) is -3.83. The minimum absolute atomic E-state index is 0.0429. The van der Waals surface area contributed by atoms with Gasteiger partial charge in [0.25, 0.3) is 0 Å². The van der Waals surface area contributed by atoms with Crippen LogP contribution in [0.2, 0.25) is 0 Å². The molecule has 0 fully saturated rings. The average molecular weight is 393 g/mol. The van der Waals surface area contributed by atoms with E-state index >= 15 is 0 Å². The first kappa shape index (κ1) is 18.8. The third kappa shape index (κ3) is 4.23. The Morgan fingerprint density at radius 3 is 2.52 bits per heavy atom. The Morgan fingerprint density at radius 1 is 1.15 bits per heavy atom. The summed E-state index contributed by atoms with van der Waals surface area (Å²) < 4.78 is 39.6. The molecule has 1 amide bonds. The number of fused-ring (bicyclic) bond motifs is 1. The van der Waals surface area contributed by atoms with E-state index < -0.39 is 27.9 Å². The number of carboxylic acid groups (broad SMARTS) is 1. The van der Waals surface area contributed by atoms with Crippen LogP contribution in [-0.4, -0.2) is 38.0 Å². The highest BCUT2D eigenvalue weighted by molar-refractivity contribution is 7.89. The highest BCUT2D eigenvalue weighted by atomic mass is 32.2. The zero-order valence-electron chi connectivity index (χ0n) is 13.9. The molecule has 1 unspecified atom stereocenters. The van der Waals surface area contributed by atoms with Crippen molar-refractivity contribution in [3.8, 4) is 0 Å². The topological polar surface area (TPSA) is 125 Å². The first-order valence-electron chi connectivity index (χ1n) is 7.96. The number of hydrogen-bond donors (Lipinski definition) is 4. The quantitative estimate of drug-likeness (QED) is 0.591. The van der Waals surface area contributed by atoms with Gasteiger partial charge >= 0.3 is 5.97 Å². The third-order valence-corrected chi connectivity index (χ3v) is 5.50. The van der Waals surface area contributed by atoms with E-state index in [0.717, 1.165) is 24.3 Å². The van der Waals surface area contributed by atoms with Crippen molar-refractivity contribution in [3.63, 3.8) is 0 Å². The fourth-order valence-corrected chi connectivity index (χ4v) is 3.66. The number of sulfonamides is 1. The Kier molecular flexibility index (Phi) is 5.10. The molecule has 8 nitrogen and oxygen atoms in total. The predicted octanol–water partition coefficient (Wildman–Crippen LogP) is 1.63. The number of carbonyl (C=O) groups is 2. The second-order valence-corrected chi connectivity index (χ2v) is 7.66. The van der Waals surface area contributed by atoms with Gasteiger partial charge in [0.1, 0.15) is 11.9 Å². The molecule has 0 aromatic heterocycles. The van der Waals surface area contributed by atoms with E-state index in [1.807, 2.05) is 0 Å². The van der Waals surface area contributed by atoms with Gasteiger partial charge in [-0.1, -0.05) is 0 Å². The molecule has 0 saturated carbocycles. The molecule has 0 saturated heterocycles. The van der Waals surface area contributed by atoms with Gasteiger partial charge in [-0.25, -0.2) is 22.3 Å². The summed E-state index contributed by atoms with van der Waals surface area (Å²) in [5.74, 6) is -2.00. The van der Waals surface area contributed by atoms with Crippen LogP contribution in [0.1, 0.15) is 16.8 Å². The Bertz CT molecular complexity index is 992. The van der Waals surface area contributed by atoms with E-state index in [-0.39, 0.29) is 29.3 Å². The lowest BCUT2D eigenvalue weighted by Crippen LogP contribution is -2.41. The van der Waals surface area contributed by atoms with Gasteiger partial charge in [-0.2, -0.15) is 0 Å². The summed E-state index contributed by atoms with van der Waals surface area (Å²) >= 11 is 0. The van der Waals surface area contributed by atoms with Crippen molar-refractivity contribution in [2.24, 2.45) is 0 Å². The second-order valence-electron chi connectivity index (χ2n) is 5.89. The van der Waals surface area contributed by atoms with Crippen LogP contribution < -0.4 is 15.4 Å². The Hall–Kier alpha value is -2.98. The molecule has 2 aromatic rings. The highest BCUT2D eigenvalue weighted by Crippen LogP contribution is 2.28. The van der Waals surface area contributed by atoms with E-state index in [4.69, 9.17) is 5.11 Å². The summed E-state index contributed by atoms with van der Waals surface area (Å²) in [6, 6.07) is 7.89. The van der Waals surface area contributed by atoms with E-state index in [1.54, 1.807) is 0 Å². The molecule has 1 aliphatic heterocycles. The van der Waals surface area contributed by atoms with Crippen LogP contribution in [0.3, 0.4) is 0 Å². The molecule has 1 aliphatic rings. The Morgan fingerprint density at radius 2 is 1.85 bits per heavy atom. The Balaban J connectivity index is 1.64. The van der Waals surface area contributed by atoms with Gasteiger partial charge in [-0.05, 0) is 48.9 Å². The number of anilines is 2. The van der Waals surface area contributed by atoms with Crippen LogP contribution in [-0.2, 0) is 14.8 Å². The van der Waals surface area contributed by atoms with Gasteiger partial charge in [0.2, 0.25) is 15.9 Å². The summed E-state index contributed by atoms with van der Waals surface area (Å²) in [6.45, 7) is -0.0429. The van der Waals surface area contributed by atoms with Gasteiger partial charge in [-0.15, -0.1) is 0 Å². The number of hydrogen-bond acceptors (Lipinski definition) is 5. The zero-order valence-corrected chi connectivity index (χ0v) is 14.7. The molecule has 2 aromatic carbocycles. The molecule has 0 aliphatic carbocycles. The first-order valence-corrected chi connectivity index (χ1v) is 9.44. The summed E-state index contributed by atoms with van der Waals surface area (Å²) in [5.41, 5.74) is 0.960. The van der Waals surface area contributed by atoms with Gasteiger partial charge in [0, 0.05) is 6.54 Å². The number of carbonyl (C=O) groups excluding carboxylic acids is 1. The maximum atomic E-state index is 12.9. The zero-order chi connectivity index (χ0) is 19.6. The number of carboxylic acids is 1. The first-order chi connectivity index (χ1) is 12.8. The second kappa shape index (κ2) is 7.33. The molecule has 0 spiro atoms. The molecule has 0 bridgehead atoms. The highest BCUT2D eigenvalue weighted by Gasteiger charge is 2.26. The molecule has 1 atom stereocenters. The van der Waals surface area contributed by atoms with Gasteiger partial charge in [-0.3, -0.25) is 4.79 Å². The maximum absolute atomic E-state index is 12.9. The largest absolute Gasteiger partial charge is 0.478 e. The van der Waals surface area contributed by atoms with E-state index in [1.165, 1.54) is 18.2 Å². The van der Waals surface area contributed by atoms with Crippen molar-refractivity contribution < 1.29 is 27.5 Å². The lowest BCUT2D eigenvalue weighted by molar-refractivity contribution is -0.117. The molecule has 10 heteroatoms. The Labute approximate surface area is 154 Å². The van der Waals surface area contributed by atoms with Crippen LogP contribution in [0.15, 0.2) is 47.4 Å². The molecule has 1 heterocycles.